The standard InChI is InChI=1S/C13H22BrNOS/c1-10-12(14)7-11(17-10)8-15-9-13(2,3)5-6-16-4/h7,15H,5-6,8-9H2,1-4H3. The van der Waals surface area contributed by atoms with Crippen LogP contribution in [0.2, 0.25) is 0 Å². The molecule has 1 heterocycles. The number of rotatable bonds is 7. The third-order valence-corrected chi connectivity index (χ3v) is 4.93. The number of aryl methyl sites for hydroxylation is 1. The Morgan fingerprint density at radius 3 is 2.71 bits per heavy atom. The molecule has 1 aromatic rings. The summed E-state index contributed by atoms with van der Waals surface area (Å²) in [5.74, 6) is 0. The van der Waals surface area contributed by atoms with Crippen LogP contribution in [0.1, 0.15) is 30.0 Å². The maximum Gasteiger partial charge on any atom is 0.0467 e. The zero-order chi connectivity index (χ0) is 12.9. The van der Waals surface area contributed by atoms with E-state index in [1.54, 1.807) is 7.11 Å². The first kappa shape index (κ1) is 15.2. The second-order valence-corrected chi connectivity index (χ2v) is 7.32. The van der Waals surface area contributed by atoms with Gasteiger partial charge < -0.3 is 10.1 Å². The second kappa shape index (κ2) is 6.88. The fourth-order valence-electron chi connectivity index (χ4n) is 1.60. The fraction of sp³-hybridized carbons (Fsp3) is 0.692. The third kappa shape index (κ3) is 5.51. The molecule has 1 aromatic heterocycles. The fourth-order valence-corrected chi connectivity index (χ4v) is 3.17. The van der Waals surface area contributed by atoms with Crippen molar-refractivity contribution < 1.29 is 4.74 Å². The zero-order valence-corrected chi connectivity index (χ0v) is 13.5. The minimum absolute atomic E-state index is 0.291. The van der Waals surface area contributed by atoms with E-state index >= 15 is 0 Å². The minimum atomic E-state index is 0.291. The van der Waals surface area contributed by atoms with E-state index in [1.165, 1.54) is 14.2 Å². The van der Waals surface area contributed by atoms with Gasteiger partial charge in [-0.25, -0.2) is 0 Å². The topological polar surface area (TPSA) is 21.3 Å². The van der Waals surface area contributed by atoms with Gasteiger partial charge in [0.25, 0.3) is 0 Å². The van der Waals surface area contributed by atoms with Crippen LogP contribution in [-0.2, 0) is 11.3 Å². The van der Waals surface area contributed by atoms with Crippen LogP contribution < -0.4 is 5.32 Å². The summed E-state index contributed by atoms with van der Waals surface area (Å²) >= 11 is 5.40. The van der Waals surface area contributed by atoms with Crippen molar-refractivity contribution in [3.05, 3.63) is 20.3 Å². The van der Waals surface area contributed by atoms with E-state index in [4.69, 9.17) is 4.74 Å². The van der Waals surface area contributed by atoms with Gasteiger partial charge in [0.15, 0.2) is 0 Å². The molecule has 0 aromatic carbocycles. The van der Waals surface area contributed by atoms with Crippen molar-refractivity contribution in [2.24, 2.45) is 5.41 Å². The molecule has 0 amide bonds. The van der Waals surface area contributed by atoms with Crippen molar-refractivity contribution >= 4 is 27.3 Å². The molecule has 1 N–H and O–H groups in total. The van der Waals surface area contributed by atoms with Crippen molar-refractivity contribution in [2.45, 2.75) is 33.7 Å². The Hall–Kier alpha value is 0.1000. The Morgan fingerprint density at radius 1 is 1.47 bits per heavy atom. The summed E-state index contributed by atoms with van der Waals surface area (Å²) in [6.07, 6.45) is 1.09. The summed E-state index contributed by atoms with van der Waals surface area (Å²) in [5, 5.41) is 3.53. The number of ether oxygens (including phenoxy) is 1. The quantitative estimate of drug-likeness (QED) is 0.821. The number of halogens is 1. The second-order valence-electron chi connectivity index (χ2n) is 5.13. The van der Waals surface area contributed by atoms with E-state index in [1.807, 2.05) is 11.3 Å². The molecule has 17 heavy (non-hydrogen) atoms. The van der Waals surface area contributed by atoms with E-state index in [2.05, 4.69) is 48.1 Å². The molecular weight excluding hydrogens is 298 g/mol. The van der Waals surface area contributed by atoms with Crippen LogP contribution in [-0.4, -0.2) is 20.3 Å². The van der Waals surface area contributed by atoms with Gasteiger partial charge in [-0.2, -0.15) is 0 Å². The first-order valence-electron chi connectivity index (χ1n) is 5.89. The molecule has 0 spiro atoms. The van der Waals surface area contributed by atoms with E-state index < -0.39 is 0 Å². The van der Waals surface area contributed by atoms with Gasteiger partial charge in [-0.1, -0.05) is 13.8 Å². The highest BCUT2D eigenvalue weighted by Gasteiger charge is 2.16. The Bertz CT molecular complexity index is 330. The number of hydrogen-bond donors (Lipinski definition) is 1. The molecule has 98 valence electrons. The lowest BCUT2D eigenvalue weighted by Crippen LogP contribution is -2.29. The van der Waals surface area contributed by atoms with Crippen LogP contribution in [0.15, 0.2) is 10.5 Å². The monoisotopic (exact) mass is 319 g/mol. The summed E-state index contributed by atoms with van der Waals surface area (Å²) in [6, 6.07) is 2.20. The molecule has 0 fully saturated rings. The maximum atomic E-state index is 5.13. The summed E-state index contributed by atoms with van der Waals surface area (Å²) in [6.45, 7) is 9.49. The van der Waals surface area contributed by atoms with Crippen molar-refractivity contribution in [2.75, 3.05) is 20.3 Å². The van der Waals surface area contributed by atoms with Crippen molar-refractivity contribution in [1.82, 2.24) is 5.32 Å². The highest BCUT2D eigenvalue weighted by Crippen LogP contribution is 2.26. The average molecular weight is 320 g/mol. The molecular formula is C13H22BrNOS. The molecule has 1 rings (SSSR count). The molecule has 0 radical (unpaired) electrons. The molecule has 0 aliphatic carbocycles. The summed E-state index contributed by atoms with van der Waals surface area (Å²) in [5.41, 5.74) is 0.291. The van der Waals surface area contributed by atoms with Gasteiger partial charge in [-0.05, 0) is 40.8 Å². The lowest BCUT2D eigenvalue weighted by atomic mass is 9.90. The van der Waals surface area contributed by atoms with Gasteiger partial charge in [0.1, 0.15) is 0 Å². The van der Waals surface area contributed by atoms with E-state index in [0.717, 1.165) is 26.1 Å². The smallest absolute Gasteiger partial charge is 0.0467 e. The van der Waals surface area contributed by atoms with Crippen LogP contribution >= 0.6 is 27.3 Å². The van der Waals surface area contributed by atoms with E-state index in [9.17, 15) is 0 Å². The highest BCUT2D eigenvalue weighted by atomic mass is 79.9. The van der Waals surface area contributed by atoms with Crippen molar-refractivity contribution in [1.29, 1.82) is 0 Å². The molecule has 0 saturated carbocycles. The predicted molar refractivity (Wildman–Crippen MR) is 78.7 cm³/mol. The molecule has 0 aliphatic heterocycles. The number of hydrogen-bond acceptors (Lipinski definition) is 3. The molecule has 0 saturated heterocycles. The molecule has 0 atom stereocenters. The van der Waals surface area contributed by atoms with Crippen LogP contribution in [0.5, 0.6) is 0 Å². The highest BCUT2D eigenvalue weighted by molar-refractivity contribution is 9.10. The van der Waals surface area contributed by atoms with Gasteiger partial charge in [-0.3, -0.25) is 0 Å². The molecule has 0 unspecified atom stereocenters. The lowest BCUT2D eigenvalue weighted by Gasteiger charge is -2.24. The summed E-state index contributed by atoms with van der Waals surface area (Å²) in [7, 11) is 1.76. The minimum Gasteiger partial charge on any atom is -0.385 e. The average Bonchev–Trinajstić information content (AvgIpc) is 2.55. The van der Waals surface area contributed by atoms with E-state index in [0.29, 0.717) is 5.41 Å². The zero-order valence-electron chi connectivity index (χ0n) is 11.1. The van der Waals surface area contributed by atoms with Crippen LogP contribution in [0, 0.1) is 12.3 Å². The Kier molecular flexibility index (Phi) is 6.13. The van der Waals surface area contributed by atoms with Gasteiger partial charge >= 0.3 is 0 Å². The first-order valence-corrected chi connectivity index (χ1v) is 7.50. The third-order valence-electron chi connectivity index (χ3n) is 2.79. The van der Waals surface area contributed by atoms with Gasteiger partial charge in [0, 0.05) is 41.0 Å². The van der Waals surface area contributed by atoms with Crippen LogP contribution in [0.3, 0.4) is 0 Å². The Labute approximate surface area is 117 Å². The maximum absolute atomic E-state index is 5.13. The normalized spacial score (nSPS) is 12.1. The number of nitrogens with one attached hydrogen (secondary N) is 1. The predicted octanol–water partition coefficient (Wildman–Crippen LogP) is 3.97. The number of methoxy groups -OCH3 is 1. The Morgan fingerprint density at radius 2 is 2.18 bits per heavy atom. The largest absolute Gasteiger partial charge is 0.385 e. The van der Waals surface area contributed by atoms with Gasteiger partial charge in [0.2, 0.25) is 0 Å². The van der Waals surface area contributed by atoms with E-state index in [-0.39, 0.29) is 0 Å². The van der Waals surface area contributed by atoms with Gasteiger partial charge in [0.05, 0.1) is 0 Å². The number of thiophene rings is 1. The molecule has 4 heteroatoms. The SMILES string of the molecule is COCCC(C)(C)CNCc1cc(Br)c(C)s1. The summed E-state index contributed by atoms with van der Waals surface area (Å²) in [4.78, 5) is 2.73. The van der Waals surface area contributed by atoms with Gasteiger partial charge in [-0.15, -0.1) is 11.3 Å². The van der Waals surface area contributed by atoms with Crippen LogP contribution in [0.4, 0.5) is 0 Å². The lowest BCUT2D eigenvalue weighted by molar-refractivity contribution is 0.150. The van der Waals surface area contributed by atoms with Crippen molar-refractivity contribution in [3.63, 3.8) is 0 Å². The first-order chi connectivity index (χ1) is 7.94. The molecule has 2 nitrogen and oxygen atoms in total. The Balaban J connectivity index is 2.31. The molecule has 0 bridgehead atoms. The van der Waals surface area contributed by atoms with Crippen LogP contribution in [0.25, 0.3) is 0 Å². The molecule has 0 aliphatic rings. The summed E-state index contributed by atoms with van der Waals surface area (Å²) < 4.78 is 6.35. The van der Waals surface area contributed by atoms with Crippen molar-refractivity contribution in [3.8, 4) is 0 Å².